The van der Waals surface area contributed by atoms with E-state index in [0.29, 0.717) is 0 Å². The van der Waals surface area contributed by atoms with Gasteiger partial charge in [0.1, 0.15) is 0 Å². The molecule has 1 nitrogen and oxygen atoms in total. The summed E-state index contributed by atoms with van der Waals surface area (Å²) in [6.07, 6.45) is 16.2. The largest absolute Gasteiger partial charge is 1.00 e. The monoisotopic (exact) mass is 521 g/mol. The number of rotatable bonds is 16. The van der Waals surface area contributed by atoms with Gasteiger partial charge in [-0.3, -0.25) is 0 Å². The lowest BCUT2D eigenvalue weighted by Crippen LogP contribution is -3.00. The second-order valence-electron chi connectivity index (χ2n) is 9.50. The van der Waals surface area contributed by atoms with Crippen molar-refractivity contribution in [2.45, 2.75) is 82.5 Å². The van der Waals surface area contributed by atoms with Gasteiger partial charge in [0.05, 0.1) is 6.54 Å². The summed E-state index contributed by atoms with van der Waals surface area (Å²) in [5, 5.41) is 0. The Labute approximate surface area is 219 Å². The predicted molar refractivity (Wildman–Crippen MR) is 142 cm³/mol. The molecule has 0 aromatic heterocycles. The molecule has 3 N–H and O–H groups in total. The molecule has 0 atom stereocenters. The predicted octanol–water partition coefficient (Wildman–Crippen LogP) is 4.95. The van der Waals surface area contributed by atoms with Gasteiger partial charge >= 0.3 is 0 Å². The average molecular weight is 523 g/mol. The maximum atomic E-state index is 3.93. The van der Waals surface area contributed by atoms with Crippen LogP contribution in [-0.4, -0.2) is 6.54 Å². The van der Waals surface area contributed by atoms with E-state index in [1.165, 1.54) is 87.3 Å². The highest BCUT2D eigenvalue weighted by atomic mass is 79.9. The summed E-state index contributed by atoms with van der Waals surface area (Å²) in [6, 6.07) is 33.4. The number of hydrogen-bond donors (Lipinski definition) is 1. The van der Waals surface area contributed by atoms with E-state index in [9.17, 15) is 0 Å². The molecule has 0 bridgehead atoms. The van der Waals surface area contributed by atoms with Gasteiger partial charge in [0, 0.05) is 5.41 Å². The highest BCUT2D eigenvalue weighted by Gasteiger charge is 2.35. The van der Waals surface area contributed by atoms with Crippen LogP contribution in [0.1, 0.15) is 93.7 Å². The molecule has 0 fully saturated rings. The van der Waals surface area contributed by atoms with Crippen LogP contribution in [-0.2, 0) is 5.41 Å². The molecule has 3 aromatic carbocycles. The number of quaternary nitrogens is 1. The summed E-state index contributed by atoms with van der Waals surface area (Å²) in [4.78, 5) is 0. The molecular weight excluding hydrogens is 478 g/mol. The molecule has 3 rings (SSSR count). The van der Waals surface area contributed by atoms with Crippen molar-refractivity contribution >= 4 is 0 Å². The molecule has 3 aromatic rings. The van der Waals surface area contributed by atoms with Crippen molar-refractivity contribution < 1.29 is 22.7 Å². The van der Waals surface area contributed by atoms with E-state index in [1.54, 1.807) is 0 Å². The SMILES string of the molecule is [Br-].[NH3+]CCCCCCCCCCCCCC(c1ccccc1)(c1ccccc1)c1ccccc1. The topological polar surface area (TPSA) is 27.6 Å². The molecule has 0 unspecified atom stereocenters. The second-order valence-corrected chi connectivity index (χ2v) is 9.50. The lowest BCUT2D eigenvalue weighted by molar-refractivity contribution is -0.368. The van der Waals surface area contributed by atoms with Gasteiger partial charge in [-0.2, -0.15) is 0 Å². The van der Waals surface area contributed by atoms with Gasteiger partial charge < -0.3 is 22.7 Å². The summed E-state index contributed by atoms with van der Waals surface area (Å²) >= 11 is 0. The summed E-state index contributed by atoms with van der Waals surface area (Å²) in [5.74, 6) is 0. The normalized spacial score (nSPS) is 11.2. The maximum Gasteiger partial charge on any atom is 0.0739 e. The Bertz CT molecular complexity index is 767. The summed E-state index contributed by atoms with van der Waals surface area (Å²) in [5.41, 5.74) is 8.06. The number of unbranched alkanes of at least 4 members (excludes halogenated alkanes) is 10. The Morgan fingerprint density at radius 2 is 0.706 bits per heavy atom. The first kappa shape index (κ1) is 28.3. The molecule has 0 radical (unpaired) electrons. The van der Waals surface area contributed by atoms with E-state index in [0.717, 1.165) is 13.0 Å². The Hall–Kier alpha value is -1.90. The third kappa shape index (κ3) is 8.40. The fourth-order valence-electron chi connectivity index (χ4n) is 5.26. The summed E-state index contributed by atoms with van der Waals surface area (Å²) < 4.78 is 0. The number of halogens is 1. The molecule has 34 heavy (non-hydrogen) atoms. The number of benzene rings is 3. The lowest BCUT2D eigenvalue weighted by Gasteiger charge is -2.36. The van der Waals surface area contributed by atoms with Crippen LogP contribution in [0, 0.1) is 0 Å². The first-order valence-electron chi connectivity index (χ1n) is 13.3. The fourth-order valence-corrected chi connectivity index (χ4v) is 5.26. The van der Waals surface area contributed by atoms with Crippen molar-refractivity contribution in [3.63, 3.8) is 0 Å². The van der Waals surface area contributed by atoms with Crippen LogP contribution < -0.4 is 22.7 Å². The Morgan fingerprint density at radius 3 is 1.03 bits per heavy atom. The quantitative estimate of drug-likeness (QED) is 0.204. The van der Waals surface area contributed by atoms with Crippen molar-refractivity contribution in [3.8, 4) is 0 Å². The zero-order valence-corrected chi connectivity index (χ0v) is 22.5. The van der Waals surface area contributed by atoms with Crippen LogP contribution >= 0.6 is 0 Å². The van der Waals surface area contributed by atoms with Crippen molar-refractivity contribution in [2.75, 3.05) is 6.54 Å². The molecule has 184 valence electrons. The van der Waals surface area contributed by atoms with Gasteiger partial charge in [-0.15, -0.1) is 0 Å². The first-order chi connectivity index (χ1) is 16.4. The molecule has 0 aliphatic heterocycles. The van der Waals surface area contributed by atoms with Crippen LogP contribution in [0.3, 0.4) is 0 Å². The highest BCUT2D eigenvalue weighted by Crippen LogP contribution is 2.43. The minimum atomic E-state index is -0.0855. The average Bonchev–Trinajstić information content (AvgIpc) is 2.89. The van der Waals surface area contributed by atoms with E-state index in [1.807, 2.05) is 0 Å². The fraction of sp³-hybridized carbons (Fsp3) is 0.438. The molecule has 0 saturated heterocycles. The Morgan fingerprint density at radius 1 is 0.412 bits per heavy atom. The summed E-state index contributed by atoms with van der Waals surface area (Å²) in [7, 11) is 0. The number of hydrogen-bond acceptors (Lipinski definition) is 0. The van der Waals surface area contributed by atoms with Gasteiger partial charge in [-0.25, -0.2) is 0 Å². The molecule has 0 saturated carbocycles. The van der Waals surface area contributed by atoms with Crippen LogP contribution in [0.25, 0.3) is 0 Å². The molecule has 0 amide bonds. The smallest absolute Gasteiger partial charge is 0.0739 e. The van der Waals surface area contributed by atoms with Crippen LogP contribution in [0.15, 0.2) is 91.0 Å². The standard InChI is InChI=1S/C32H43N.BrH/c33-28-20-9-7-5-3-1-2-4-6-8-19-27-32(29-21-13-10-14-22-29,30-23-15-11-16-24-30)31-25-17-12-18-26-31;/h10-18,21-26H,1-9,19-20,27-28,33H2;1H. The van der Waals surface area contributed by atoms with Gasteiger partial charge in [0.2, 0.25) is 0 Å². The molecule has 0 spiro atoms. The summed E-state index contributed by atoms with van der Waals surface area (Å²) in [6.45, 7) is 1.10. The molecule has 0 aliphatic carbocycles. The van der Waals surface area contributed by atoms with Crippen molar-refractivity contribution in [2.24, 2.45) is 0 Å². The van der Waals surface area contributed by atoms with E-state index in [-0.39, 0.29) is 22.4 Å². The van der Waals surface area contributed by atoms with Crippen molar-refractivity contribution in [3.05, 3.63) is 108 Å². The Balaban J connectivity index is 0.00000408. The molecular formula is C32H44BrN. The van der Waals surface area contributed by atoms with Gasteiger partial charge in [-0.05, 0) is 36.0 Å². The van der Waals surface area contributed by atoms with E-state index in [4.69, 9.17) is 0 Å². The third-order valence-corrected chi connectivity index (χ3v) is 7.10. The van der Waals surface area contributed by atoms with Crippen LogP contribution in [0.4, 0.5) is 0 Å². The zero-order chi connectivity index (χ0) is 23.0. The Kier molecular flexibility index (Phi) is 13.9. The van der Waals surface area contributed by atoms with E-state index < -0.39 is 0 Å². The van der Waals surface area contributed by atoms with Crippen molar-refractivity contribution in [1.82, 2.24) is 0 Å². The minimum Gasteiger partial charge on any atom is -1.00 e. The van der Waals surface area contributed by atoms with Gasteiger partial charge in [0.25, 0.3) is 0 Å². The van der Waals surface area contributed by atoms with Gasteiger partial charge in [0.15, 0.2) is 0 Å². The minimum absolute atomic E-state index is 0. The lowest BCUT2D eigenvalue weighted by atomic mass is 9.66. The van der Waals surface area contributed by atoms with Gasteiger partial charge in [-0.1, -0.05) is 149 Å². The van der Waals surface area contributed by atoms with Crippen LogP contribution in [0.2, 0.25) is 0 Å². The maximum absolute atomic E-state index is 3.93. The zero-order valence-electron chi connectivity index (χ0n) is 20.9. The van der Waals surface area contributed by atoms with E-state index in [2.05, 4.69) is 96.7 Å². The highest BCUT2D eigenvalue weighted by molar-refractivity contribution is 5.50. The van der Waals surface area contributed by atoms with Crippen LogP contribution in [0.5, 0.6) is 0 Å². The van der Waals surface area contributed by atoms with Crippen molar-refractivity contribution in [1.29, 1.82) is 0 Å². The van der Waals surface area contributed by atoms with E-state index >= 15 is 0 Å². The molecule has 0 aliphatic rings. The molecule has 0 heterocycles. The second kappa shape index (κ2) is 16.7. The first-order valence-corrected chi connectivity index (χ1v) is 13.3. The molecule has 2 heteroatoms. The third-order valence-electron chi connectivity index (χ3n) is 7.10.